The third-order valence-corrected chi connectivity index (χ3v) is 21.8. The van der Waals surface area contributed by atoms with Crippen LogP contribution in [0.1, 0.15) is 0 Å². The van der Waals surface area contributed by atoms with Gasteiger partial charge in [0.05, 0.1) is 56.9 Å². The Morgan fingerprint density at radius 2 is 0.268 bits per heavy atom. The van der Waals surface area contributed by atoms with E-state index in [9.17, 15) is 0 Å². The van der Waals surface area contributed by atoms with E-state index in [0.717, 1.165) is 211 Å². The summed E-state index contributed by atoms with van der Waals surface area (Å²) in [4.78, 5) is 0. The average Bonchev–Trinajstić information content (AvgIpc) is 0.700. The van der Waals surface area contributed by atoms with Crippen LogP contribution < -0.4 is 37.9 Å². The van der Waals surface area contributed by atoms with Crippen molar-refractivity contribution in [3.05, 3.63) is 340 Å². The van der Waals surface area contributed by atoms with Gasteiger partial charge in [0, 0.05) is 0 Å². The lowest BCUT2D eigenvalue weighted by Crippen LogP contribution is -1.99. The molecule has 544 valence electrons. The first-order valence-electron chi connectivity index (χ1n) is 37.4. The first-order valence-corrected chi connectivity index (χ1v) is 37.4. The number of rotatable bonds is 18. The van der Waals surface area contributed by atoms with E-state index >= 15 is 0 Å². The van der Waals surface area contributed by atoms with Gasteiger partial charge in [-0.15, -0.1) is 0 Å². The molecule has 0 radical (unpaired) electrons. The van der Waals surface area contributed by atoms with Gasteiger partial charge in [0.2, 0.25) is 0 Å². The molecule has 0 fully saturated rings. The molecule has 112 heavy (non-hydrogen) atoms. The van der Waals surface area contributed by atoms with Crippen molar-refractivity contribution in [1.29, 1.82) is 0 Å². The summed E-state index contributed by atoms with van der Waals surface area (Å²) in [5.41, 5.74) is 22.5. The summed E-state index contributed by atoms with van der Waals surface area (Å²) in [6.45, 7) is 0. The van der Waals surface area contributed by atoms with E-state index in [-0.39, 0.29) is 0 Å². The molecule has 0 aromatic heterocycles. The Morgan fingerprint density at radius 3 is 0.464 bits per heavy atom. The van der Waals surface area contributed by atoms with Gasteiger partial charge in [0.25, 0.3) is 0 Å². The second-order valence-corrected chi connectivity index (χ2v) is 27.7. The third-order valence-electron chi connectivity index (χ3n) is 21.8. The van der Waals surface area contributed by atoms with Gasteiger partial charge in [0.1, 0.15) is 46.0 Å². The topological polar surface area (TPSA) is 73.8 Å². The first kappa shape index (κ1) is 70.9. The molecule has 18 aromatic rings. The molecule has 0 aliphatic carbocycles. The van der Waals surface area contributed by atoms with E-state index in [2.05, 4.69) is 315 Å². The highest BCUT2D eigenvalue weighted by molar-refractivity contribution is 6.36. The molecule has 0 heterocycles. The number of fused-ring (bicyclic) bond motifs is 6. The number of methoxy groups -OCH3 is 8. The van der Waals surface area contributed by atoms with Crippen LogP contribution >= 0.6 is 0 Å². The highest BCUT2D eigenvalue weighted by Crippen LogP contribution is 2.58. The van der Waals surface area contributed by atoms with Crippen LogP contribution in [0.2, 0.25) is 0 Å². The van der Waals surface area contributed by atoms with Crippen LogP contribution in [0.5, 0.6) is 46.0 Å². The Morgan fingerprint density at radius 1 is 0.125 bits per heavy atom. The van der Waals surface area contributed by atoms with Crippen LogP contribution in [-0.2, 0) is 0 Å². The molecule has 18 rings (SSSR count). The van der Waals surface area contributed by atoms with Gasteiger partial charge in [0.15, 0.2) is 0 Å². The van der Waals surface area contributed by atoms with Crippen molar-refractivity contribution in [2.75, 3.05) is 56.9 Å². The van der Waals surface area contributed by atoms with E-state index in [1.807, 2.05) is 24.3 Å². The Bertz CT molecular complexity index is 6090. The molecule has 8 nitrogen and oxygen atoms in total. The predicted molar refractivity (Wildman–Crippen MR) is 465 cm³/mol. The van der Waals surface area contributed by atoms with Crippen molar-refractivity contribution >= 4 is 64.6 Å². The minimum Gasteiger partial charge on any atom is -0.497 e. The van der Waals surface area contributed by atoms with Gasteiger partial charge in [-0.25, -0.2) is 0 Å². The maximum Gasteiger partial charge on any atom is 0.119 e. The number of benzene rings is 18. The van der Waals surface area contributed by atoms with Crippen molar-refractivity contribution in [2.24, 2.45) is 0 Å². The van der Waals surface area contributed by atoms with Gasteiger partial charge in [-0.3, -0.25) is 0 Å². The fourth-order valence-corrected chi connectivity index (χ4v) is 16.4. The number of ether oxygens (including phenoxy) is 8. The fraction of sp³-hybridized carbons (Fsp3) is 0.0769. The zero-order valence-electron chi connectivity index (χ0n) is 63.6. The monoisotopic (exact) mass is 1460 g/mol. The van der Waals surface area contributed by atoms with Crippen molar-refractivity contribution in [1.82, 2.24) is 0 Å². The average molecular weight is 1460 g/mol. The molecule has 0 bridgehead atoms. The van der Waals surface area contributed by atoms with Crippen LogP contribution in [-0.4, -0.2) is 56.9 Å². The second-order valence-electron chi connectivity index (χ2n) is 27.7. The quantitative estimate of drug-likeness (QED) is 0.0787. The highest BCUT2D eigenvalue weighted by Gasteiger charge is 2.30. The lowest BCUT2D eigenvalue weighted by Gasteiger charge is -2.26. The summed E-state index contributed by atoms with van der Waals surface area (Å²) in [5, 5.41) is 13.4. The maximum absolute atomic E-state index is 6.01. The van der Waals surface area contributed by atoms with Crippen LogP contribution in [0.3, 0.4) is 0 Å². The van der Waals surface area contributed by atoms with Gasteiger partial charge >= 0.3 is 0 Å². The van der Waals surface area contributed by atoms with E-state index in [1.165, 1.54) is 11.1 Å². The third kappa shape index (κ3) is 13.0. The molecular weight excluding hydrogens is 1380 g/mol. The number of hydrogen-bond acceptors (Lipinski definition) is 8. The van der Waals surface area contributed by atoms with Crippen molar-refractivity contribution in [3.63, 3.8) is 0 Å². The fourth-order valence-electron chi connectivity index (χ4n) is 16.4. The van der Waals surface area contributed by atoms with E-state index in [1.54, 1.807) is 56.9 Å². The largest absolute Gasteiger partial charge is 0.497 e. The molecule has 18 aromatic carbocycles. The van der Waals surface area contributed by atoms with Gasteiger partial charge in [-0.1, -0.05) is 243 Å². The zero-order valence-corrected chi connectivity index (χ0v) is 63.6. The summed E-state index contributed by atoms with van der Waals surface area (Å²) in [7, 11) is 13.8. The summed E-state index contributed by atoms with van der Waals surface area (Å²) in [5.74, 6) is 6.38. The molecule has 0 N–H and O–H groups in total. The minimum absolute atomic E-state index is 0.785. The highest BCUT2D eigenvalue weighted by atomic mass is 16.5. The molecule has 8 heteroatoms. The molecule has 0 aliphatic rings. The molecule has 0 saturated carbocycles. The second kappa shape index (κ2) is 30.9. The van der Waals surface area contributed by atoms with Crippen molar-refractivity contribution in [3.8, 4) is 157 Å². The predicted octanol–water partition coefficient (Wildman–Crippen LogP) is 27.0. The minimum atomic E-state index is 0.785. The first-order chi connectivity index (χ1) is 55.2. The van der Waals surface area contributed by atoms with Crippen LogP contribution in [0, 0.1) is 0 Å². The molecular formula is C104H80O8. The zero-order chi connectivity index (χ0) is 76.3. The van der Waals surface area contributed by atoms with Crippen molar-refractivity contribution < 1.29 is 37.9 Å². The van der Waals surface area contributed by atoms with E-state index < -0.39 is 0 Å². The van der Waals surface area contributed by atoms with Crippen LogP contribution in [0.4, 0.5) is 0 Å². The van der Waals surface area contributed by atoms with Crippen molar-refractivity contribution in [2.45, 2.75) is 0 Å². The van der Waals surface area contributed by atoms with Gasteiger partial charge in [-0.05, 0) is 273 Å². The molecule has 0 atom stereocenters. The molecule has 0 spiro atoms. The Hall–Kier alpha value is -14.1. The SMILES string of the molecule is COc1ccc(-c2c3ccc(OC)cc3c(-c3ccc(-c4ccccc4)cc3)c3c(-c4ccc(OC)cc4)c4ccc(OC)cc4c(-c4ccc(-c5ccccc5)cc4)c23)cc1.COc1ccc(-c2c3ccc(OC)cc3c(-c3ccccc3)c3c(-c4ccc(OC)cc4)c4ccc(OC)cc4c(-c4ccccc4)c23)cc1. The van der Waals surface area contributed by atoms with Crippen LogP contribution in [0.15, 0.2) is 340 Å². The Labute approximate surface area is 652 Å². The standard InChI is InChI=1S/C58H44O4.C46H36O4/c1-59-45-27-23-43(24-28-45)53-49-33-31-47(61-3)35-51(49)56(42-21-17-40(18-22-42)38-13-9-6-10-14-38)58-54(44-25-29-46(60-2)30-26-44)50-34-32-48(62-4)36-52(50)55(57(53)58)41-19-15-39(16-20-41)37-11-7-5-8-12-37;1-47-33-19-15-31(16-20-33)41-37-25-23-35(49-3)27-39(37)44(30-13-9-6-10-14-30)46-42(32-17-21-34(48-2)22-18-32)38-26-24-36(50-4)28-40(38)43(45(41)46)29-11-7-5-8-12-29/h5-36H,1-4H3;5-28H,1-4H3. The van der Waals surface area contributed by atoms with E-state index in [4.69, 9.17) is 37.9 Å². The Kier molecular flexibility index (Phi) is 19.5. The summed E-state index contributed by atoms with van der Waals surface area (Å²) >= 11 is 0. The molecule has 0 aliphatic heterocycles. The summed E-state index contributed by atoms with van der Waals surface area (Å²) in [6, 6.07) is 120. The Balaban J connectivity index is 0.000000166. The van der Waals surface area contributed by atoms with Gasteiger partial charge < -0.3 is 37.9 Å². The smallest absolute Gasteiger partial charge is 0.119 e. The molecule has 0 unspecified atom stereocenters. The summed E-state index contributed by atoms with van der Waals surface area (Å²) in [6.07, 6.45) is 0. The lowest BCUT2D eigenvalue weighted by molar-refractivity contribution is 0.415. The lowest BCUT2D eigenvalue weighted by atomic mass is 9.77. The normalized spacial score (nSPS) is 11.2. The molecule has 0 saturated heterocycles. The maximum atomic E-state index is 6.01. The number of hydrogen-bond donors (Lipinski definition) is 0. The molecule has 0 amide bonds. The van der Waals surface area contributed by atoms with Crippen LogP contribution in [0.25, 0.3) is 176 Å². The van der Waals surface area contributed by atoms with E-state index in [0.29, 0.717) is 0 Å². The van der Waals surface area contributed by atoms with Gasteiger partial charge in [-0.2, -0.15) is 0 Å². The summed E-state index contributed by atoms with van der Waals surface area (Å²) < 4.78 is 46.4.